The van der Waals surface area contributed by atoms with Gasteiger partial charge >= 0.3 is 0 Å². The molecule has 0 bridgehead atoms. The van der Waals surface area contributed by atoms with E-state index < -0.39 is 0 Å². The summed E-state index contributed by atoms with van der Waals surface area (Å²) in [6.07, 6.45) is 1.85. The lowest BCUT2D eigenvalue weighted by molar-refractivity contribution is 0.0677. The van der Waals surface area contributed by atoms with Crippen molar-refractivity contribution < 1.29 is 9.90 Å². The van der Waals surface area contributed by atoms with Crippen molar-refractivity contribution in [2.75, 3.05) is 13.2 Å². The molecule has 1 aliphatic heterocycles. The Labute approximate surface area is 117 Å². The SMILES string of the molecule is O=C(c1cc(Br)cc(Br)c1)N1CCC[C@@H]1CO. The highest BCUT2D eigenvalue weighted by Gasteiger charge is 2.28. The Morgan fingerprint density at radius 3 is 2.59 bits per heavy atom. The monoisotopic (exact) mass is 361 g/mol. The summed E-state index contributed by atoms with van der Waals surface area (Å²) in [5.74, 6) is -0.0106. The Balaban J connectivity index is 2.24. The fourth-order valence-corrected chi connectivity index (χ4v) is 3.43. The summed E-state index contributed by atoms with van der Waals surface area (Å²) in [6, 6.07) is 5.48. The molecule has 1 atom stereocenters. The Hall–Kier alpha value is -0.390. The van der Waals surface area contributed by atoms with Crippen LogP contribution in [0.25, 0.3) is 0 Å². The molecule has 0 radical (unpaired) electrons. The Morgan fingerprint density at radius 1 is 1.35 bits per heavy atom. The maximum absolute atomic E-state index is 12.3. The number of rotatable bonds is 2. The van der Waals surface area contributed by atoms with Gasteiger partial charge in [-0.15, -0.1) is 0 Å². The number of benzene rings is 1. The molecule has 1 amide bonds. The Bertz CT molecular complexity index is 416. The fraction of sp³-hybridized carbons (Fsp3) is 0.417. The lowest BCUT2D eigenvalue weighted by Gasteiger charge is -2.23. The minimum Gasteiger partial charge on any atom is -0.394 e. The fourth-order valence-electron chi connectivity index (χ4n) is 2.14. The predicted molar refractivity (Wildman–Crippen MR) is 73.0 cm³/mol. The predicted octanol–water partition coefficient (Wildman–Crippen LogP) is 2.81. The van der Waals surface area contributed by atoms with Crippen LogP contribution in [0.3, 0.4) is 0 Å². The van der Waals surface area contributed by atoms with Crippen molar-refractivity contribution in [3.63, 3.8) is 0 Å². The number of aliphatic hydroxyl groups excluding tert-OH is 1. The van der Waals surface area contributed by atoms with E-state index in [4.69, 9.17) is 0 Å². The number of likely N-dealkylation sites (tertiary alicyclic amines) is 1. The molecule has 0 unspecified atom stereocenters. The number of amides is 1. The summed E-state index contributed by atoms with van der Waals surface area (Å²) in [6.45, 7) is 0.773. The maximum Gasteiger partial charge on any atom is 0.254 e. The molecule has 0 aromatic heterocycles. The second kappa shape index (κ2) is 5.50. The lowest BCUT2D eigenvalue weighted by atomic mass is 10.2. The molecule has 3 nitrogen and oxygen atoms in total. The second-order valence-corrected chi connectivity index (χ2v) is 5.97. The first-order valence-corrected chi connectivity index (χ1v) is 7.08. The second-order valence-electron chi connectivity index (χ2n) is 4.14. The molecule has 0 saturated carbocycles. The van der Waals surface area contributed by atoms with Crippen LogP contribution in [0, 0.1) is 0 Å². The van der Waals surface area contributed by atoms with E-state index >= 15 is 0 Å². The Morgan fingerprint density at radius 2 is 2.00 bits per heavy atom. The van der Waals surface area contributed by atoms with Crippen LogP contribution in [0.1, 0.15) is 23.2 Å². The van der Waals surface area contributed by atoms with Crippen molar-refractivity contribution in [3.8, 4) is 0 Å². The molecule has 0 aliphatic carbocycles. The zero-order chi connectivity index (χ0) is 12.4. The van der Waals surface area contributed by atoms with Crippen molar-refractivity contribution in [2.45, 2.75) is 18.9 Å². The molecule has 1 aromatic rings. The van der Waals surface area contributed by atoms with Crippen LogP contribution in [-0.2, 0) is 0 Å². The van der Waals surface area contributed by atoms with Gasteiger partial charge in [-0.3, -0.25) is 4.79 Å². The number of carbonyl (C=O) groups excluding carboxylic acids is 1. The van der Waals surface area contributed by atoms with Gasteiger partial charge in [-0.2, -0.15) is 0 Å². The van der Waals surface area contributed by atoms with E-state index in [1.54, 1.807) is 17.0 Å². The van der Waals surface area contributed by atoms with Crippen LogP contribution < -0.4 is 0 Å². The highest BCUT2D eigenvalue weighted by atomic mass is 79.9. The van der Waals surface area contributed by atoms with E-state index in [-0.39, 0.29) is 18.6 Å². The van der Waals surface area contributed by atoms with Crippen LogP contribution in [-0.4, -0.2) is 35.1 Å². The molecule has 1 N–H and O–H groups in total. The van der Waals surface area contributed by atoms with Crippen LogP contribution in [0.4, 0.5) is 0 Å². The zero-order valence-electron chi connectivity index (χ0n) is 9.20. The first kappa shape index (κ1) is 13.1. The molecule has 1 heterocycles. The molecule has 1 aliphatic rings. The van der Waals surface area contributed by atoms with Gasteiger partial charge in [0, 0.05) is 21.1 Å². The number of hydrogen-bond donors (Lipinski definition) is 1. The molecule has 2 rings (SSSR count). The summed E-state index contributed by atoms with van der Waals surface area (Å²) in [5, 5.41) is 9.23. The van der Waals surface area contributed by atoms with Gasteiger partial charge in [0.2, 0.25) is 0 Å². The van der Waals surface area contributed by atoms with Gasteiger partial charge < -0.3 is 10.0 Å². The molecule has 1 fully saturated rings. The standard InChI is InChI=1S/C12H13Br2NO2/c13-9-4-8(5-10(14)6-9)12(17)15-3-1-2-11(15)7-16/h4-6,11,16H,1-3,7H2/t11-/m1/s1. The van der Waals surface area contributed by atoms with Gasteiger partial charge in [-0.1, -0.05) is 31.9 Å². The minimum absolute atomic E-state index is 0.0106. The normalized spacial score (nSPS) is 19.7. The number of hydrogen-bond acceptors (Lipinski definition) is 2. The van der Waals surface area contributed by atoms with Crippen molar-refractivity contribution >= 4 is 37.8 Å². The third-order valence-corrected chi connectivity index (χ3v) is 3.87. The molecule has 1 aromatic carbocycles. The molecule has 0 spiro atoms. The van der Waals surface area contributed by atoms with Crippen LogP contribution in [0.2, 0.25) is 0 Å². The zero-order valence-corrected chi connectivity index (χ0v) is 12.4. The average molecular weight is 363 g/mol. The van der Waals surface area contributed by atoms with E-state index in [2.05, 4.69) is 31.9 Å². The maximum atomic E-state index is 12.3. The summed E-state index contributed by atoms with van der Waals surface area (Å²) < 4.78 is 1.74. The third kappa shape index (κ3) is 2.89. The minimum atomic E-state index is -0.0275. The van der Waals surface area contributed by atoms with Crippen LogP contribution >= 0.6 is 31.9 Å². The highest BCUT2D eigenvalue weighted by Crippen LogP contribution is 2.24. The quantitative estimate of drug-likeness (QED) is 0.878. The van der Waals surface area contributed by atoms with E-state index in [0.717, 1.165) is 28.3 Å². The van der Waals surface area contributed by atoms with Crippen molar-refractivity contribution in [1.82, 2.24) is 4.90 Å². The van der Waals surface area contributed by atoms with Gasteiger partial charge in [0.05, 0.1) is 12.6 Å². The van der Waals surface area contributed by atoms with Crippen molar-refractivity contribution in [3.05, 3.63) is 32.7 Å². The number of carbonyl (C=O) groups is 1. The van der Waals surface area contributed by atoms with Gasteiger partial charge in [-0.25, -0.2) is 0 Å². The summed E-state index contributed by atoms with van der Waals surface area (Å²) in [5.41, 5.74) is 0.645. The molecular formula is C12H13Br2NO2. The van der Waals surface area contributed by atoms with Gasteiger partial charge in [0.15, 0.2) is 0 Å². The molecule has 92 valence electrons. The first-order chi connectivity index (χ1) is 8.11. The van der Waals surface area contributed by atoms with Crippen LogP contribution in [0.15, 0.2) is 27.1 Å². The third-order valence-electron chi connectivity index (χ3n) is 2.96. The van der Waals surface area contributed by atoms with Crippen LogP contribution in [0.5, 0.6) is 0 Å². The summed E-state index contributed by atoms with van der Waals surface area (Å²) >= 11 is 6.74. The molecule has 1 saturated heterocycles. The Kier molecular flexibility index (Phi) is 4.22. The molecular weight excluding hydrogens is 350 g/mol. The lowest BCUT2D eigenvalue weighted by Crippen LogP contribution is -2.37. The molecule has 17 heavy (non-hydrogen) atoms. The van der Waals surface area contributed by atoms with E-state index in [0.29, 0.717) is 5.56 Å². The van der Waals surface area contributed by atoms with Gasteiger partial charge in [0.1, 0.15) is 0 Å². The smallest absolute Gasteiger partial charge is 0.254 e. The number of nitrogens with zero attached hydrogens (tertiary/aromatic N) is 1. The summed E-state index contributed by atoms with van der Waals surface area (Å²) in [7, 11) is 0. The highest BCUT2D eigenvalue weighted by molar-refractivity contribution is 9.11. The van der Waals surface area contributed by atoms with Crippen molar-refractivity contribution in [1.29, 1.82) is 0 Å². The number of aliphatic hydroxyl groups is 1. The largest absolute Gasteiger partial charge is 0.394 e. The van der Waals surface area contributed by atoms with Crippen molar-refractivity contribution in [2.24, 2.45) is 0 Å². The summed E-state index contributed by atoms with van der Waals surface area (Å²) in [4.78, 5) is 14.1. The van der Waals surface area contributed by atoms with Gasteiger partial charge in [0.25, 0.3) is 5.91 Å². The van der Waals surface area contributed by atoms with E-state index in [9.17, 15) is 9.90 Å². The molecule has 5 heteroatoms. The topological polar surface area (TPSA) is 40.5 Å². The first-order valence-electron chi connectivity index (χ1n) is 5.49. The van der Waals surface area contributed by atoms with E-state index in [1.807, 2.05) is 6.07 Å². The average Bonchev–Trinajstić information content (AvgIpc) is 2.74. The number of halogens is 2. The van der Waals surface area contributed by atoms with E-state index in [1.165, 1.54) is 0 Å². The van der Waals surface area contributed by atoms with Gasteiger partial charge in [-0.05, 0) is 31.0 Å².